The summed E-state index contributed by atoms with van der Waals surface area (Å²) in [5.74, 6) is -7.00. The fourth-order valence-corrected chi connectivity index (χ4v) is 2.67. The predicted molar refractivity (Wildman–Crippen MR) is 67.3 cm³/mol. The van der Waals surface area contributed by atoms with Gasteiger partial charge in [0.2, 0.25) is 5.82 Å². The molecule has 110 valence electrons. The standard InChI is InChI=1S/C13H13ClF3NO2/c14-8-3-1-2-6(8)5-18-13(20)7-4-9(15)11(17)12(19)10(7)16/h4,6,8,19H,1-3,5H2,(H,18,20). The zero-order chi connectivity index (χ0) is 14.9. The summed E-state index contributed by atoms with van der Waals surface area (Å²) in [4.78, 5) is 11.8. The van der Waals surface area contributed by atoms with Crippen molar-refractivity contribution in [1.29, 1.82) is 0 Å². The largest absolute Gasteiger partial charge is 0.503 e. The highest BCUT2D eigenvalue weighted by atomic mass is 35.5. The van der Waals surface area contributed by atoms with Crippen molar-refractivity contribution in [3.05, 3.63) is 29.1 Å². The Hall–Kier alpha value is -1.43. The molecule has 1 amide bonds. The zero-order valence-electron chi connectivity index (χ0n) is 10.4. The summed E-state index contributed by atoms with van der Waals surface area (Å²) in [5.41, 5.74) is -0.731. The molecule has 0 spiro atoms. The second-order valence-corrected chi connectivity index (χ2v) is 5.36. The molecule has 0 bridgehead atoms. The number of benzene rings is 1. The van der Waals surface area contributed by atoms with Gasteiger partial charge in [0.05, 0.1) is 5.56 Å². The number of carbonyl (C=O) groups is 1. The van der Waals surface area contributed by atoms with E-state index in [1.54, 1.807) is 0 Å². The Labute approximate surface area is 118 Å². The van der Waals surface area contributed by atoms with Crippen LogP contribution in [-0.2, 0) is 0 Å². The Morgan fingerprint density at radius 3 is 2.65 bits per heavy atom. The first-order chi connectivity index (χ1) is 9.41. The van der Waals surface area contributed by atoms with E-state index in [-0.39, 0.29) is 17.8 Å². The molecule has 1 fully saturated rings. The van der Waals surface area contributed by atoms with Crippen molar-refractivity contribution >= 4 is 17.5 Å². The summed E-state index contributed by atoms with van der Waals surface area (Å²) in [6, 6.07) is 0.423. The van der Waals surface area contributed by atoms with Crippen molar-refractivity contribution in [2.45, 2.75) is 24.6 Å². The summed E-state index contributed by atoms with van der Waals surface area (Å²) in [6.07, 6.45) is 2.65. The van der Waals surface area contributed by atoms with Crippen LogP contribution in [-0.4, -0.2) is 22.9 Å². The molecule has 0 heterocycles. The molecular formula is C13H13ClF3NO2. The number of carbonyl (C=O) groups excluding carboxylic acids is 1. The van der Waals surface area contributed by atoms with Crippen LogP contribution in [0.25, 0.3) is 0 Å². The van der Waals surface area contributed by atoms with Gasteiger partial charge in [-0.25, -0.2) is 8.78 Å². The van der Waals surface area contributed by atoms with E-state index in [1.807, 2.05) is 0 Å². The van der Waals surface area contributed by atoms with E-state index in [1.165, 1.54) is 0 Å². The maximum absolute atomic E-state index is 13.5. The van der Waals surface area contributed by atoms with Crippen LogP contribution < -0.4 is 5.32 Å². The Balaban J connectivity index is 2.10. The topological polar surface area (TPSA) is 49.3 Å². The zero-order valence-corrected chi connectivity index (χ0v) is 11.2. The molecule has 1 aliphatic carbocycles. The summed E-state index contributed by atoms with van der Waals surface area (Å²) in [6.45, 7) is 0.228. The molecule has 2 N–H and O–H groups in total. The molecule has 0 aliphatic heterocycles. The lowest BCUT2D eigenvalue weighted by Gasteiger charge is -2.15. The third-order valence-electron chi connectivity index (χ3n) is 3.47. The number of hydrogen-bond donors (Lipinski definition) is 2. The van der Waals surface area contributed by atoms with Crippen molar-refractivity contribution in [1.82, 2.24) is 5.32 Å². The van der Waals surface area contributed by atoms with Crippen molar-refractivity contribution in [2.24, 2.45) is 5.92 Å². The molecule has 1 aromatic rings. The molecule has 2 rings (SSSR count). The molecule has 0 radical (unpaired) electrons. The minimum absolute atomic E-state index is 0.0569. The molecular weight excluding hydrogens is 295 g/mol. The Morgan fingerprint density at radius 2 is 2.05 bits per heavy atom. The van der Waals surface area contributed by atoms with Gasteiger partial charge < -0.3 is 10.4 Å². The molecule has 1 aromatic carbocycles. The van der Waals surface area contributed by atoms with Crippen molar-refractivity contribution in [2.75, 3.05) is 6.54 Å². The van der Waals surface area contributed by atoms with Crippen LogP contribution in [0.3, 0.4) is 0 Å². The number of phenols is 1. The highest BCUT2D eigenvalue weighted by Crippen LogP contribution is 2.30. The lowest BCUT2D eigenvalue weighted by atomic mass is 10.1. The number of phenolic OH excluding ortho intramolecular Hbond substituents is 1. The van der Waals surface area contributed by atoms with Gasteiger partial charge in [0.15, 0.2) is 17.4 Å². The van der Waals surface area contributed by atoms with Gasteiger partial charge in [0.1, 0.15) is 0 Å². The van der Waals surface area contributed by atoms with Crippen molar-refractivity contribution in [3.63, 3.8) is 0 Å². The number of hydrogen-bond acceptors (Lipinski definition) is 2. The van der Waals surface area contributed by atoms with Crippen LogP contribution in [0.2, 0.25) is 0 Å². The van der Waals surface area contributed by atoms with Gasteiger partial charge in [-0.15, -0.1) is 11.6 Å². The summed E-state index contributed by atoms with van der Waals surface area (Å²) in [7, 11) is 0. The molecule has 7 heteroatoms. The van der Waals surface area contributed by atoms with Crippen LogP contribution in [0.4, 0.5) is 13.2 Å². The molecule has 2 atom stereocenters. The van der Waals surface area contributed by atoms with Crippen LogP contribution in [0.5, 0.6) is 5.75 Å². The number of aromatic hydroxyl groups is 1. The van der Waals surface area contributed by atoms with E-state index in [2.05, 4.69) is 5.32 Å². The summed E-state index contributed by atoms with van der Waals surface area (Å²) < 4.78 is 39.5. The SMILES string of the molecule is O=C(NCC1CCCC1Cl)c1cc(F)c(F)c(O)c1F. The fourth-order valence-electron chi connectivity index (χ4n) is 2.30. The van der Waals surface area contributed by atoms with Gasteiger partial charge in [0, 0.05) is 11.9 Å². The third-order valence-corrected chi connectivity index (χ3v) is 4.04. The third kappa shape index (κ3) is 2.85. The van der Waals surface area contributed by atoms with Crippen LogP contribution >= 0.6 is 11.6 Å². The Bertz CT molecular complexity index is 539. The normalized spacial score (nSPS) is 22.0. The van der Waals surface area contributed by atoms with E-state index < -0.39 is 34.7 Å². The quantitative estimate of drug-likeness (QED) is 0.666. The first kappa shape index (κ1) is 15.0. The Kier molecular flexibility index (Phi) is 4.42. The highest BCUT2D eigenvalue weighted by Gasteiger charge is 2.27. The van der Waals surface area contributed by atoms with E-state index in [9.17, 15) is 18.0 Å². The first-order valence-electron chi connectivity index (χ1n) is 6.20. The first-order valence-corrected chi connectivity index (χ1v) is 6.64. The minimum Gasteiger partial charge on any atom is -0.503 e. The maximum Gasteiger partial charge on any atom is 0.254 e. The van der Waals surface area contributed by atoms with E-state index in [0.29, 0.717) is 6.07 Å². The molecule has 0 saturated heterocycles. The number of rotatable bonds is 3. The smallest absolute Gasteiger partial charge is 0.254 e. The molecule has 20 heavy (non-hydrogen) atoms. The Morgan fingerprint density at radius 1 is 1.35 bits per heavy atom. The molecule has 1 saturated carbocycles. The van der Waals surface area contributed by atoms with Gasteiger partial charge in [-0.1, -0.05) is 6.42 Å². The molecule has 2 unspecified atom stereocenters. The van der Waals surface area contributed by atoms with E-state index >= 15 is 0 Å². The monoisotopic (exact) mass is 307 g/mol. The fraction of sp³-hybridized carbons (Fsp3) is 0.462. The average Bonchev–Trinajstić information content (AvgIpc) is 2.83. The lowest BCUT2D eigenvalue weighted by molar-refractivity contribution is 0.0942. The highest BCUT2D eigenvalue weighted by molar-refractivity contribution is 6.21. The van der Waals surface area contributed by atoms with Crippen LogP contribution in [0.1, 0.15) is 29.6 Å². The maximum atomic E-state index is 13.5. The number of amides is 1. The molecule has 0 aromatic heterocycles. The second-order valence-electron chi connectivity index (χ2n) is 4.80. The summed E-state index contributed by atoms with van der Waals surface area (Å²) >= 11 is 6.04. The van der Waals surface area contributed by atoms with Crippen molar-refractivity contribution < 1.29 is 23.1 Å². The average molecular weight is 308 g/mol. The number of nitrogens with one attached hydrogen (secondary N) is 1. The predicted octanol–water partition coefficient (Wildman–Crippen LogP) is 2.95. The second kappa shape index (κ2) is 5.91. The van der Waals surface area contributed by atoms with E-state index in [0.717, 1.165) is 19.3 Å². The van der Waals surface area contributed by atoms with Crippen LogP contribution in [0, 0.1) is 23.4 Å². The van der Waals surface area contributed by atoms with Gasteiger partial charge in [0.25, 0.3) is 5.91 Å². The van der Waals surface area contributed by atoms with Gasteiger partial charge in [-0.2, -0.15) is 4.39 Å². The van der Waals surface area contributed by atoms with Gasteiger partial charge in [-0.3, -0.25) is 4.79 Å². The minimum atomic E-state index is -1.71. The number of alkyl halides is 1. The summed E-state index contributed by atoms with van der Waals surface area (Å²) in [5, 5.41) is 11.4. The number of halogens is 4. The molecule has 3 nitrogen and oxygen atoms in total. The molecule has 1 aliphatic rings. The van der Waals surface area contributed by atoms with Crippen molar-refractivity contribution in [3.8, 4) is 5.75 Å². The van der Waals surface area contributed by atoms with Crippen LogP contribution in [0.15, 0.2) is 6.07 Å². The lowest BCUT2D eigenvalue weighted by Crippen LogP contribution is -2.31. The van der Waals surface area contributed by atoms with E-state index in [4.69, 9.17) is 16.7 Å². The van der Waals surface area contributed by atoms with Gasteiger partial charge in [-0.05, 0) is 24.8 Å². The van der Waals surface area contributed by atoms with Gasteiger partial charge >= 0.3 is 0 Å².